The molecule has 0 amide bonds. The van der Waals surface area contributed by atoms with Gasteiger partial charge >= 0.3 is 0 Å². The Morgan fingerprint density at radius 1 is 1.29 bits per heavy atom. The molecule has 0 radical (unpaired) electrons. The van der Waals surface area contributed by atoms with Gasteiger partial charge in [0.05, 0.1) is 5.02 Å². The zero-order valence-electron chi connectivity index (χ0n) is 8.75. The highest BCUT2D eigenvalue weighted by molar-refractivity contribution is 9.10. The van der Waals surface area contributed by atoms with Gasteiger partial charge in [-0.3, -0.25) is 0 Å². The summed E-state index contributed by atoms with van der Waals surface area (Å²) in [5.74, 6) is 1.11. The van der Waals surface area contributed by atoms with Crippen molar-refractivity contribution in [3.63, 3.8) is 0 Å². The minimum absolute atomic E-state index is 0.483. The summed E-state index contributed by atoms with van der Waals surface area (Å²) in [7, 11) is 0. The third-order valence-electron chi connectivity index (χ3n) is 2.15. The molecule has 0 aliphatic rings. The number of nitrogens with zero attached hydrogens (tertiary/aromatic N) is 1. The van der Waals surface area contributed by atoms with Gasteiger partial charge in [0.2, 0.25) is 0 Å². The van der Waals surface area contributed by atoms with Crippen LogP contribution in [0.15, 0.2) is 41.0 Å². The number of pyridine rings is 1. The molecule has 0 fully saturated rings. The normalized spacial score (nSPS) is 10.3. The van der Waals surface area contributed by atoms with Crippen molar-refractivity contribution in [2.45, 2.75) is 5.88 Å². The molecule has 0 saturated heterocycles. The molecular formula is C12H9BrCl2N2. The molecule has 1 aromatic carbocycles. The van der Waals surface area contributed by atoms with E-state index in [2.05, 4.69) is 26.2 Å². The highest BCUT2D eigenvalue weighted by atomic mass is 79.9. The first-order valence-electron chi connectivity index (χ1n) is 4.92. The van der Waals surface area contributed by atoms with E-state index in [0.29, 0.717) is 16.7 Å². The summed E-state index contributed by atoms with van der Waals surface area (Å²) in [5, 5.41) is 3.72. The Kier molecular flexibility index (Phi) is 4.26. The summed E-state index contributed by atoms with van der Waals surface area (Å²) >= 11 is 15.2. The topological polar surface area (TPSA) is 24.9 Å². The molecule has 17 heavy (non-hydrogen) atoms. The largest absolute Gasteiger partial charge is 0.339 e. The quantitative estimate of drug-likeness (QED) is 0.802. The lowest BCUT2D eigenvalue weighted by Gasteiger charge is -2.08. The molecular weight excluding hydrogens is 323 g/mol. The van der Waals surface area contributed by atoms with Gasteiger partial charge in [-0.05, 0) is 39.7 Å². The predicted octanol–water partition coefficient (Wildman–Crippen LogP) is 4.98. The van der Waals surface area contributed by atoms with E-state index in [1.807, 2.05) is 24.3 Å². The summed E-state index contributed by atoms with van der Waals surface area (Å²) in [5.41, 5.74) is 1.96. The van der Waals surface area contributed by atoms with Crippen LogP contribution in [0.1, 0.15) is 5.56 Å². The van der Waals surface area contributed by atoms with Crippen LogP contribution < -0.4 is 5.32 Å². The van der Waals surface area contributed by atoms with Crippen molar-refractivity contribution < 1.29 is 0 Å². The standard InChI is InChI=1S/C12H9BrCl2N2/c13-9-5-11(15)12(16-7-9)17-10-3-1-2-8(4-10)6-14/h1-5,7H,6H2,(H,16,17). The average molecular weight is 332 g/mol. The van der Waals surface area contributed by atoms with Crippen LogP contribution in [-0.2, 0) is 5.88 Å². The van der Waals surface area contributed by atoms with Crippen LogP contribution in [0.3, 0.4) is 0 Å². The van der Waals surface area contributed by atoms with Gasteiger partial charge in [-0.1, -0.05) is 23.7 Å². The van der Waals surface area contributed by atoms with Crippen LogP contribution in [0.25, 0.3) is 0 Å². The molecule has 1 heterocycles. The predicted molar refractivity (Wildman–Crippen MR) is 76.2 cm³/mol. The van der Waals surface area contributed by atoms with E-state index in [1.165, 1.54) is 0 Å². The van der Waals surface area contributed by atoms with Gasteiger partial charge in [0.25, 0.3) is 0 Å². The maximum atomic E-state index is 6.07. The van der Waals surface area contributed by atoms with Crippen molar-refractivity contribution in [3.05, 3.63) is 51.6 Å². The van der Waals surface area contributed by atoms with Crippen LogP contribution in [-0.4, -0.2) is 4.98 Å². The Balaban J connectivity index is 2.25. The molecule has 2 rings (SSSR count). The molecule has 5 heteroatoms. The molecule has 0 spiro atoms. The van der Waals surface area contributed by atoms with E-state index < -0.39 is 0 Å². The second kappa shape index (κ2) is 5.71. The van der Waals surface area contributed by atoms with Crippen molar-refractivity contribution in [2.24, 2.45) is 0 Å². The van der Waals surface area contributed by atoms with Crippen LogP contribution in [0.5, 0.6) is 0 Å². The number of nitrogens with one attached hydrogen (secondary N) is 1. The fourth-order valence-corrected chi connectivity index (χ4v) is 2.22. The Bertz CT molecular complexity index is 532. The number of rotatable bonds is 3. The van der Waals surface area contributed by atoms with Gasteiger partial charge in [0.15, 0.2) is 0 Å². The van der Waals surface area contributed by atoms with Crippen molar-refractivity contribution in [1.82, 2.24) is 4.98 Å². The lowest BCUT2D eigenvalue weighted by atomic mass is 10.2. The number of benzene rings is 1. The molecule has 0 atom stereocenters. The fourth-order valence-electron chi connectivity index (χ4n) is 1.38. The van der Waals surface area contributed by atoms with Crippen molar-refractivity contribution in [3.8, 4) is 0 Å². The zero-order chi connectivity index (χ0) is 12.3. The molecule has 1 N–H and O–H groups in total. The number of halogens is 3. The molecule has 0 unspecified atom stereocenters. The highest BCUT2D eigenvalue weighted by Gasteiger charge is 2.03. The molecule has 2 nitrogen and oxygen atoms in total. The van der Waals surface area contributed by atoms with E-state index in [4.69, 9.17) is 23.2 Å². The minimum atomic E-state index is 0.483. The number of anilines is 2. The molecule has 0 aliphatic carbocycles. The number of hydrogen-bond acceptors (Lipinski definition) is 2. The van der Waals surface area contributed by atoms with Crippen LogP contribution in [0.2, 0.25) is 5.02 Å². The van der Waals surface area contributed by atoms with E-state index in [0.717, 1.165) is 15.7 Å². The lowest BCUT2D eigenvalue weighted by Crippen LogP contribution is -1.94. The van der Waals surface area contributed by atoms with E-state index in [1.54, 1.807) is 12.3 Å². The van der Waals surface area contributed by atoms with Crippen LogP contribution in [0, 0.1) is 0 Å². The Morgan fingerprint density at radius 3 is 2.82 bits per heavy atom. The minimum Gasteiger partial charge on any atom is -0.339 e. The maximum Gasteiger partial charge on any atom is 0.149 e. The highest BCUT2D eigenvalue weighted by Crippen LogP contribution is 2.26. The lowest BCUT2D eigenvalue weighted by molar-refractivity contribution is 1.29. The van der Waals surface area contributed by atoms with Gasteiger partial charge in [0.1, 0.15) is 5.82 Å². The fraction of sp³-hybridized carbons (Fsp3) is 0.0833. The molecule has 0 aliphatic heterocycles. The second-order valence-corrected chi connectivity index (χ2v) is 5.03. The summed E-state index contributed by atoms with van der Waals surface area (Å²) in [6, 6.07) is 9.60. The van der Waals surface area contributed by atoms with Gasteiger partial charge in [-0.25, -0.2) is 4.98 Å². The number of hydrogen-bond donors (Lipinski definition) is 1. The van der Waals surface area contributed by atoms with Crippen LogP contribution in [0.4, 0.5) is 11.5 Å². The molecule has 2 aromatic rings. The number of aromatic nitrogens is 1. The van der Waals surface area contributed by atoms with Crippen molar-refractivity contribution in [1.29, 1.82) is 0 Å². The van der Waals surface area contributed by atoms with Gasteiger partial charge < -0.3 is 5.32 Å². The Morgan fingerprint density at radius 2 is 2.12 bits per heavy atom. The maximum absolute atomic E-state index is 6.07. The summed E-state index contributed by atoms with van der Waals surface area (Å²) < 4.78 is 0.850. The Labute approximate surface area is 118 Å². The average Bonchev–Trinajstić information content (AvgIpc) is 2.33. The third kappa shape index (κ3) is 3.35. The van der Waals surface area contributed by atoms with E-state index in [9.17, 15) is 0 Å². The smallest absolute Gasteiger partial charge is 0.149 e. The third-order valence-corrected chi connectivity index (χ3v) is 3.18. The monoisotopic (exact) mass is 330 g/mol. The first kappa shape index (κ1) is 12.7. The molecule has 0 saturated carbocycles. The van der Waals surface area contributed by atoms with Gasteiger partial charge in [-0.2, -0.15) is 0 Å². The summed E-state index contributed by atoms with van der Waals surface area (Å²) in [4.78, 5) is 4.21. The molecule has 88 valence electrons. The van der Waals surface area contributed by atoms with Crippen LogP contribution >= 0.6 is 39.1 Å². The SMILES string of the molecule is ClCc1cccc(Nc2ncc(Br)cc2Cl)c1. The van der Waals surface area contributed by atoms with E-state index >= 15 is 0 Å². The molecule has 0 bridgehead atoms. The summed E-state index contributed by atoms with van der Waals surface area (Å²) in [6.45, 7) is 0. The van der Waals surface area contributed by atoms with E-state index in [-0.39, 0.29) is 0 Å². The molecule has 1 aromatic heterocycles. The van der Waals surface area contributed by atoms with Gasteiger partial charge in [0, 0.05) is 22.2 Å². The van der Waals surface area contributed by atoms with Crippen molar-refractivity contribution in [2.75, 3.05) is 5.32 Å². The van der Waals surface area contributed by atoms with Gasteiger partial charge in [-0.15, -0.1) is 11.6 Å². The first-order valence-corrected chi connectivity index (χ1v) is 6.62. The first-order chi connectivity index (χ1) is 8.19. The zero-order valence-corrected chi connectivity index (χ0v) is 11.9. The second-order valence-electron chi connectivity index (χ2n) is 3.44. The summed E-state index contributed by atoms with van der Waals surface area (Å²) in [6.07, 6.45) is 1.69. The van der Waals surface area contributed by atoms with Crippen molar-refractivity contribution >= 4 is 50.6 Å². The Hall–Kier alpha value is -0.770. The number of alkyl halides is 1.